The highest BCUT2D eigenvalue weighted by Crippen LogP contribution is 2.43. The summed E-state index contributed by atoms with van der Waals surface area (Å²) in [6.45, 7) is 0. The summed E-state index contributed by atoms with van der Waals surface area (Å²) < 4.78 is 5.95. The van der Waals surface area contributed by atoms with Crippen molar-refractivity contribution in [1.29, 1.82) is 0 Å². The van der Waals surface area contributed by atoms with E-state index in [1.165, 1.54) is 30.5 Å². The second-order valence-electron chi connectivity index (χ2n) is 6.17. The van der Waals surface area contributed by atoms with Crippen LogP contribution in [0.1, 0.15) is 55.7 Å². The molecule has 2 aliphatic carbocycles. The van der Waals surface area contributed by atoms with Crippen molar-refractivity contribution < 1.29 is 4.74 Å². The molecule has 2 aliphatic rings. The van der Waals surface area contributed by atoms with Crippen LogP contribution in [0.4, 0.5) is 0 Å². The van der Waals surface area contributed by atoms with E-state index in [1.807, 2.05) is 19.4 Å². The van der Waals surface area contributed by atoms with E-state index in [1.54, 1.807) is 0 Å². The third-order valence-corrected chi connectivity index (χ3v) is 5.24. The lowest BCUT2D eigenvalue weighted by atomic mass is 9.75. The van der Waals surface area contributed by atoms with E-state index in [9.17, 15) is 0 Å². The molecule has 4 heteroatoms. The highest BCUT2D eigenvalue weighted by molar-refractivity contribution is 5.28. The summed E-state index contributed by atoms with van der Waals surface area (Å²) in [5, 5.41) is 0. The highest BCUT2D eigenvalue weighted by atomic mass is 16.5. The zero-order valence-corrected chi connectivity index (χ0v) is 12.3. The number of methoxy groups -OCH3 is 1. The number of aryl methyl sites for hydroxylation is 1. The van der Waals surface area contributed by atoms with Crippen LogP contribution in [0, 0.1) is 0 Å². The van der Waals surface area contributed by atoms with Crippen molar-refractivity contribution in [2.45, 2.75) is 62.5 Å². The maximum atomic E-state index is 5.95. The number of aromatic nitrogens is 1. The molecule has 4 nitrogen and oxygen atoms in total. The molecule has 1 heterocycles. The Kier molecular flexibility index (Phi) is 4.06. The van der Waals surface area contributed by atoms with Crippen LogP contribution in [0.25, 0.3) is 0 Å². The van der Waals surface area contributed by atoms with Gasteiger partial charge in [0.2, 0.25) is 0 Å². The first-order chi connectivity index (χ1) is 9.80. The van der Waals surface area contributed by atoms with Gasteiger partial charge in [0.1, 0.15) is 0 Å². The zero-order valence-electron chi connectivity index (χ0n) is 12.3. The number of nitrogens with one attached hydrogen (secondary N) is 1. The van der Waals surface area contributed by atoms with Crippen molar-refractivity contribution in [2.75, 3.05) is 7.11 Å². The Bertz CT molecular complexity index is 457. The molecular formula is C16H25N3O. The second kappa shape index (κ2) is 5.80. The Morgan fingerprint density at radius 2 is 2.20 bits per heavy atom. The normalized spacial score (nSPS) is 26.2. The lowest BCUT2D eigenvalue weighted by Crippen LogP contribution is -2.56. The quantitative estimate of drug-likeness (QED) is 0.654. The number of pyridine rings is 1. The zero-order chi connectivity index (χ0) is 14.0. The smallest absolute Gasteiger partial charge is 0.0850 e. The number of nitrogens with zero attached hydrogens (tertiary/aromatic N) is 1. The summed E-state index contributed by atoms with van der Waals surface area (Å²) in [4.78, 5) is 4.66. The number of hydrogen-bond acceptors (Lipinski definition) is 4. The van der Waals surface area contributed by atoms with Gasteiger partial charge < -0.3 is 4.74 Å². The average molecular weight is 275 g/mol. The molecular weight excluding hydrogens is 250 g/mol. The molecule has 3 N–H and O–H groups in total. The molecule has 20 heavy (non-hydrogen) atoms. The Hall–Kier alpha value is -0.970. The van der Waals surface area contributed by atoms with E-state index in [4.69, 9.17) is 10.6 Å². The third kappa shape index (κ3) is 2.26. The van der Waals surface area contributed by atoms with Crippen LogP contribution < -0.4 is 11.3 Å². The molecule has 0 amide bonds. The first kappa shape index (κ1) is 14.0. The Morgan fingerprint density at radius 3 is 2.90 bits per heavy atom. The third-order valence-electron chi connectivity index (χ3n) is 5.24. The molecule has 1 aromatic heterocycles. The van der Waals surface area contributed by atoms with Gasteiger partial charge in [0.25, 0.3) is 0 Å². The van der Waals surface area contributed by atoms with Gasteiger partial charge in [-0.1, -0.05) is 18.9 Å². The fourth-order valence-corrected chi connectivity index (χ4v) is 4.22. The van der Waals surface area contributed by atoms with Crippen LogP contribution in [-0.4, -0.2) is 23.7 Å². The molecule has 1 saturated carbocycles. The second-order valence-corrected chi connectivity index (χ2v) is 6.17. The summed E-state index contributed by atoms with van der Waals surface area (Å²) in [6, 6.07) is 4.40. The number of hydrogen-bond donors (Lipinski definition) is 2. The maximum Gasteiger partial charge on any atom is 0.0850 e. The van der Waals surface area contributed by atoms with Crippen molar-refractivity contribution >= 4 is 0 Å². The van der Waals surface area contributed by atoms with Gasteiger partial charge >= 0.3 is 0 Å². The molecule has 0 saturated heterocycles. The number of fused-ring (bicyclic) bond motifs is 1. The van der Waals surface area contributed by atoms with Crippen LogP contribution in [0.15, 0.2) is 18.3 Å². The average Bonchev–Trinajstić information content (AvgIpc) is 2.98. The van der Waals surface area contributed by atoms with Crippen LogP contribution in [-0.2, 0) is 11.2 Å². The minimum Gasteiger partial charge on any atom is -0.377 e. The first-order valence-electron chi connectivity index (χ1n) is 7.76. The van der Waals surface area contributed by atoms with Gasteiger partial charge in [-0.15, -0.1) is 0 Å². The predicted molar refractivity (Wildman–Crippen MR) is 79.2 cm³/mol. The lowest BCUT2D eigenvalue weighted by molar-refractivity contribution is -0.0449. The summed E-state index contributed by atoms with van der Waals surface area (Å²) in [7, 11) is 1.83. The molecule has 2 atom stereocenters. The van der Waals surface area contributed by atoms with Gasteiger partial charge in [-0.05, 0) is 43.7 Å². The van der Waals surface area contributed by atoms with E-state index in [-0.39, 0.29) is 11.6 Å². The number of nitrogens with two attached hydrogens (primary N) is 1. The standard InChI is InChI=1S/C16H25N3O/c1-20-16(9-2-3-10-16)15(19-17)13-8-4-6-12-7-5-11-18-14(12)13/h5,7,11,13,15,19H,2-4,6,8-10,17H2,1H3. The van der Waals surface area contributed by atoms with Gasteiger partial charge in [0, 0.05) is 24.9 Å². The van der Waals surface area contributed by atoms with Gasteiger partial charge in [0.05, 0.1) is 11.6 Å². The summed E-state index contributed by atoms with van der Waals surface area (Å²) in [6.07, 6.45) is 10.0. The molecule has 0 bridgehead atoms. The Morgan fingerprint density at radius 1 is 1.40 bits per heavy atom. The minimum absolute atomic E-state index is 0.119. The summed E-state index contributed by atoms with van der Waals surface area (Å²) >= 11 is 0. The molecule has 2 unspecified atom stereocenters. The number of ether oxygens (including phenoxy) is 1. The number of rotatable bonds is 4. The largest absolute Gasteiger partial charge is 0.377 e. The van der Waals surface area contributed by atoms with Gasteiger partial charge in [0.15, 0.2) is 0 Å². The van der Waals surface area contributed by atoms with Crippen molar-refractivity contribution in [3.05, 3.63) is 29.6 Å². The van der Waals surface area contributed by atoms with Crippen molar-refractivity contribution in [1.82, 2.24) is 10.4 Å². The van der Waals surface area contributed by atoms with Crippen molar-refractivity contribution in [3.8, 4) is 0 Å². The van der Waals surface area contributed by atoms with Crippen molar-refractivity contribution in [3.63, 3.8) is 0 Å². The Balaban J connectivity index is 1.94. The molecule has 3 rings (SSSR count). The molecule has 0 spiro atoms. The van der Waals surface area contributed by atoms with Crippen molar-refractivity contribution in [2.24, 2.45) is 5.84 Å². The highest BCUT2D eigenvalue weighted by Gasteiger charge is 2.46. The van der Waals surface area contributed by atoms with E-state index in [0.717, 1.165) is 25.7 Å². The molecule has 0 radical (unpaired) electrons. The Labute approximate surface area is 121 Å². The fourth-order valence-electron chi connectivity index (χ4n) is 4.22. The molecule has 0 aromatic carbocycles. The van der Waals surface area contributed by atoms with E-state index in [2.05, 4.69) is 16.5 Å². The maximum absolute atomic E-state index is 5.95. The summed E-state index contributed by atoms with van der Waals surface area (Å²) in [5.74, 6) is 6.31. The molecule has 110 valence electrons. The van der Waals surface area contributed by atoms with Crippen LogP contribution in [0.2, 0.25) is 0 Å². The topological polar surface area (TPSA) is 60.2 Å². The van der Waals surface area contributed by atoms with E-state index in [0.29, 0.717) is 5.92 Å². The van der Waals surface area contributed by atoms with Gasteiger partial charge in [-0.2, -0.15) is 0 Å². The van der Waals surface area contributed by atoms with Gasteiger partial charge in [-0.25, -0.2) is 0 Å². The lowest BCUT2D eigenvalue weighted by Gasteiger charge is -2.42. The van der Waals surface area contributed by atoms with E-state index < -0.39 is 0 Å². The summed E-state index contributed by atoms with van der Waals surface area (Å²) in [5.41, 5.74) is 5.57. The van der Waals surface area contributed by atoms with Crippen LogP contribution >= 0.6 is 0 Å². The minimum atomic E-state index is -0.119. The number of hydrazine groups is 1. The predicted octanol–water partition coefficient (Wildman–Crippen LogP) is 2.29. The SMILES string of the molecule is COC1(C(NN)C2CCCc3cccnc32)CCCC1. The van der Waals surface area contributed by atoms with Crippen LogP contribution in [0.5, 0.6) is 0 Å². The molecule has 1 aromatic rings. The molecule has 0 aliphatic heterocycles. The van der Waals surface area contributed by atoms with Gasteiger partial charge in [-0.3, -0.25) is 16.3 Å². The fraction of sp³-hybridized carbons (Fsp3) is 0.688. The van der Waals surface area contributed by atoms with E-state index >= 15 is 0 Å². The molecule has 1 fully saturated rings. The monoisotopic (exact) mass is 275 g/mol. The van der Waals surface area contributed by atoms with Crippen LogP contribution in [0.3, 0.4) is 0 Å². The first-order valence-corrected chi connectivity index (χ1v) is 7.76.